The zero-order valence-electron chi connectivity index (χ0n) is 18.7. The first kappa shape index (κ1) is 21.3. The van der Waals surface area contributed by atoms with Gasteiger partial charge in [0.25, 0.3) is 0 Å². The van der Waals surface area contributed by atoms with Gasteiger partial charge in [0, 0.05) is 40.8 Å². The largest absolute Gasteiger partial charge is 0.496 e. The molecule has 0 bridgehead atoms. The summed E-state index contributed by atoms with van der Waals surface area (Å²) in [4.78, 5) is 7.50. The van der Waals surface area contributed by atoms with E-state index in [-0.39, 0.29) is 0 Å². The predicted molar refractivity (Wildman–Crippen MR) is 136 cm³/mol. The van der Waals surface area contributed by atoms with Crippen molar-refractivity contribution in [2.24, 2.45) is 0 Å². The number of methoxy groups -OCH3 is 1. The van der Waals surface area contributed by atoms with Crippen LogP contribution < -0.4 is 9.47 Å². The number of hydrogen-bond acceptors (Lipinski definition) is 4. The second-order valence-corrected chi connectivity index (χ2v) is 7.78. The third-order valence-corrected chi connectivity index (χ3v) is 5.38. The highest BCUT2D eigenvalue weighted by atomic mass is 16.5. The van der Waals surface area contributed by atoms with Crippen molar-refractivity contribution in [2.75, 3.05) is 7.11 Å². The maximum absolute atomic E-state index is 5.87. The molecule has 2 aromatic carbocycles. The van der Waals surface area contributed by atoms with E-state index in [0.29, 0.717) is 6.61 Å². The topological polar surface area (TPSA) is 75.8 Å². The third kappa shape index (κ3) is 5.07. The van der Waals surface area contributed by atoms with E-state index in [0.717, 1.165) is 45.2 Å². The Bertz CT molecular complexity index is 1410. The van der Waals surface area contributed by atoms with Gasteiger partial charge in [0.05, 0.1) is 18.5 Å². The summed E-state index contributed by atoms with van der Waals surface area (Å²) < 4.78 is 11.4. The highest BCUT2D eigenvalue weighted by Crippen LogP contribution is 2.27. The summed E-state index contributed by atoms with van der Waals surface area (Å²) in [6.45, 7) is 0.454. The molecule has 6 nitrogen and oxygen atoms in total. The van der Waals surface area contributed by atoms with Crippen LogP contribution in [0.15, 0.2) is 79.1 Å². The summed E-state index contributed by atoms with van der Waals surface area (Å²) >= 11 is 0. The van der Waals surface area contributed by atoms with Gasteiger partial charge in [-0.05, 0) is 66.1 Å². The second-order valence-electron chi connectivity index (χ2n) is 7.78. The van der Waals surface area contributed by atoms with Gasteiger partial charge in [-0.1, -0.05) is 24.3 Å². The number of H-pyrrole nitrogens is 2. The van der Waals surface area contributed by atoms with Crippen LogP contribution in [0.3, 0.4) is 0 Å². The van der Waals surface area contributed by atoms with Gasteiger partial charge in [-0.25, -0.2) is 0 Å². The van der Waals surface area contributed by atoms with E-state index in [1.165, 1.54) is 5.39 Å². The number of para-hydroxylation sites is 1. The maximum atomic E-state index is 5.87. The lowest BCUT2D eigenvalue weighted by atomic mass is 10.1. The second kappa shape index (κ2) is 9.92. The molecule has 0 aliphatic rings. The molecule has 0 saturated heterocycles. The molecule has 3 aromatic heterocycles. The van der Waals surface area contributed by atoms with Crippen molar-refractivity contribution < 1.29 is 9.47 Å². The summed E-state index contributed by atoms with van der Waals surface area (Å²) in [5.74, 6) is 1.47. The van der Waals surface area contributed by atoms with E-state index in [9.17, 15) is 0 Å². The maximum Gasteiger partial charge on any atom is 0.129 e. The van der Waals surface area contributed by atoms with Crippen LogP contribution in [-0.4, -0.2) is 27.3 Å². The first-order valence-corrected chi connectivity index (χ1v) is 11.0. The molecule has 3 heterocycles. The monoisotopic (exact) mass is 448 g/mol. The minimum absolute atomic E-state index is 0.454. The Hall–Kier alpha value is -4.58. The number of fused-ring (bicyclic) bond motifs is 1. The Morgan fingerprint density at radius 3 is 2.65 bits per heavy atom. The first-order valence-electron chi connectivity index (χ1n) is 11.0. The molecule has 0 atom stereocenters. The van der Waals surface area contributed by atoms with Crippen LogP contribution in [0.2, 0.25) is 0 Å². The molecule has 0 unspecified atom stereocenters. The average Bonchev–Trinajstić information content (AvgIpc) is 3.52. The highest BCUT2D eigenvalue weighted by molar-refractivity contribution is 5.84. The SMILES string of the molecule is COc1cc(OCc2cccnc2)ccc1C=Cc1cc(C=Cc2cc3ccccc3[nH]2)n[nH]1. The van der Waals surface area contributed by atoms with Crippen molar-refractivity contribution in [1.29, 1.82) is 0 Å². The summed E-state index contributed by atoms with van der Waals surface area (Å²) in [5.41, 5.74) is 5.87. The molecule has 5 aromatic rings. The van der Waals surface area contributed by atoms with Crippen molar-refractivity contribution in [3.8, 4) is 11.5 Å². The zero-order chi connectivity index (χ0) is 23.2. The van der Waals surface area contributed by atoms with Crippen LogP contribution in [0.4, 0.5) is 0 Å². The van der Waals surface area contributed by atoms with Gasteiger partial charge in [0.2, 0.25) is 0 Å². The van der Waals surface area contributed by atoms with Crippen LogP contribution in [0, 0.1) is 0 Å². The number of aromatic nitrogens is 4. The Morgan fingerprint density at radius 2 is 1.79 bits per heavy atom. The minimum Gasteiger partial charge on any atom is -0.496 e. The van der Waals surface area contributed by atoms with E-state index in [4.69, 9.17) is 9.47 Å². The van der Waals surface area contributed by atoms with E-state index < -0.39 is 0 Å². The lowest BCUT2D eigenvalue weighted by Crippen LogP contribution is -1.96. The fourth-order valence-electron chi connectivity index (χ4n) is 3.63. The molecule has 0 spiro atoms. The van der Waals surface area contributed by atoms with Gasteiger partial charge in [0.1, 0.15) is 18.1 Å². The molecule has 0 radical (unpaired) electrons. The number of nitrogens with one attached hydrogen (secondary N) is 2. The van der Waals surface area contributed by atoms with Crippen molar-refractivity contribution >= 4 is 35.2 Å². The van der Waals surface area contributed by atoms with Gasteiger partial charge >= 0.3 is 0 Å². The number of rotatable bonds is 8. The van der Waals surface area contributed by atoms with Crippen LogP contribution in [0.1, 0.15) is 28.2 Å². The summed E-state index contributed by atoms with van der Waals surface area (Å²) in [7, 11) is 1.65. The Labute approximate surface area is 197 Å². The number of aromatic amines is 2. The zero-order valence-corrected chi connectivity index (χ0v) is 18.7. The summed E-state index contributed by atoms with van der Waals surface area (Å²) in [6.07, 6.45) is 11.5. The number of nitrogens with zero attached hydrogens (tertiary/aromatic N) is 2. The molecule has 2 N–H and O–H groups in total. The summed E-state index contributed by atoms with van der Waals surface area (Å²) in [6, 6.07) is 22.0. The van der Waals surface area contributed by atoms with Crippen LogP contribution in [-0.2, 0) is 6.61 Å². The van der Waals surface area contributed by atoms with Crippen LogP contribution in [0.25, 0.3) is 35.2 Å². The molecule has 0 fully saturated rings. The fourth-order valence-corrected chi connectivity index (χ4v) is 3.63. The number of benzene rings is 2. The highest BCUT2D eigenvalue weighted by Gasteiger charge is 2.04. The van der Waals surface area contributed by atoms with Crippen molar-refractivity contribution in [3.05, 3.63) is 107 Å². The molecule has 0 saturated carbocycles. The van der Waals surface area contributed by atoms with E-state index in [1.54, 1.807) is 19.5 Å². The minimum atomic E-state index is 0.454. The standard InChI is InChI=1S/C28H24N4O2/c1-33-28-17-26(34-19-20-5-4-14-29-18-20)13-9-21(28)8-10-24-16-25(32-31-24)12-11-23-15-22-6-2-3-7-27(22)30-23/h2-18,30H,19H2,1H3,(H,31,32). The number of hydrogen-bond donors (Lipinski definition) is 2. The van der Waals surface area contributed by atoms with E-state index in [1.807, 2.05) is 72.8 Å². The summed E-state index contributed by atoms with van der Waals surface area (Å²) in [5, 5.41) is 8.62. The molecule has 0 aliphatic carbocycles. The molecule has 0 aliphatic heterocycles. The lowest BCUT2D eigenvalue weighted by molar-refractivity contribution is 0.303. The average molecular weight is 449 g/mol. The lowest BCUT2D eigenvalue weighted by Gasteiger charge is -2.10. The van der Waals surface area contributed by atoms with Crippen LogP contribution in [0.5, 0.6) is 11.5 Å². The molecular formula is C28H24N4O2. The molecular weight excluding hydrogens is 424 g/mol. The fraction of sp³-hybridized carbons (Fsp3) is 0.0714. The first-order chi connectivity index (χ1) is 16.8. The van der Waals surface area contributed by atoms with Gasteiger partial charge in [-0.15, -0.1) is 0 Å². The molecule has 6 heteroatoms. The van der Waals surface area contributed by atoms with Crippen LogP contribution >= 0.6 is 0 Å². The normalized spacial score (nSPS) is 11.6. The quantitative estimate of drug-likeness (QED) is 0.296. The van der Waals surface area contributed by atoms with Gasteiger partial charge in [0.15, 0.2) is 0 Å². The predicted octanol–water partition coefficient (Wildman–Crippen LogP) is 6.21. The Morgan fingerprint density at radius 1 is 0.882 bits per heavy atom. The number of pyridine rings is 1. The van der Waals surface area contributed by atoms with Crippen molar-refractivity contribution in [2.45, 2.75) is 6.61 Å². The molecule has 34 heavy (non-hydrogen) atoms. The molecule has 168 valence electrons. The Kier molecular flexibility index (Phi) is 6.21. The molecule has 0 amide bonds. The van der Waals surface area contributed by atoms with Crippen molar-refractivity contribution in [1.82, 2.24) is 20.2 Å². The molecule has 5 rings (SSSR count). The van der Waals surface area contributed by atoms with Crippen molar-refractivity contribution in [3.63, 3.8) is 0 Å². The van der Waals surface area contributed by atoms with Gasteiger partial charge in [-0.3, -0.25) is 10.1 Å². The number of ether oxygens (including phenoxy) is 2. The van der Waals surface area contributed by atoms with Gasteiger partial charge in [-0.2, -0.15) is 5.10 Å². The Balaban J connectivity index is 1.24. The van der Waals surface area contributed by atoms with E-state index in [2.05, 4.69) is 38.4 Å². The smallest absolute Gasteiger partial charge is 0.129 e. The van der Waals surface area contributed by atoms with E-state index >= 15 is 0 Å². The third-order valence-electron chi connectivity index (χ3n) is 5.38. The van der Waals surface area contributed by atoms with Gasteiger partial charge < -0.3 is 14.5 Å².